The predicted molar refractivity (Wildman–Crippen MR) is 69.5 cm³/mol. The Kier molecular flexibility index (Phi) is 4.15. The number of aryl methyl sites for hydroxylation is 1. The van der Waals surface area contributed by atoms with E-state index in [4.69, 9.17) is 4.74 Å². The van der Waals surface area contributed by atoms with E-state index in [0.29, 0.717) is 0 Å². The highest BCUT2D eigenvalue weighted by molar-refractivity contribution is 5.23. The van der Waals surface area contributed by atoms with Crippen LogP contribution < -0.4 is 0 Å². The van der Waals surface area contributed by atoms with Crippen molar-refractivity contribution in [1.82, 2.24) is 10.0 Å². The minimum absolute atomic E-state index is 0.0781. The van der Waals surface area contributed by atoms with Crippen molar-refractivity contribution < 1.29 is 4.74 Å². The van der Waals surface area contributed by atoms with Crippen molar-refractivity contribution in [3.63, 3.8) is 0 Å². The van der Waals surface area contributed by atoms with Crippen LogP contribution in [-0.2, 0) is 4.74 Å². The van der Waals surface area contributed by atoms with Crippen LogP contribution in [-0.4, -0.2) is 36.3 Å². The fourth-order valence-corrected chi connectivity index (χ4v) is 2.34. The van der Waals surface area contributed by atoms with Gasteiger partial charge >= 0.3 is 0 Å². The van der Waals surface area contributed by atoms with Gasteiger partial charge in [0.05, 0.1) is 6.61 Å². The summed E-state index contributed by atoms with van der Waals surface area (Å²) in [4.78, 5) is 0. The molecule has 1 heterocycles. The standard InChI is InChI=1S/C14H22N2O/c1-4-15-10-11-17-14(16(15)5-2)13-8-6-12(3)7-9-13/h6-9,14H,4-5,10-11H2,1-3H3. The maximum Gasteiger partial charge on any atom is 0.149 e. The van der Waals surface area contributed by atoms with E-state index >= 15 is 0 Å². The Morgan fingerprint density at radius 2 is 1.88 bits per heavy atom. The second-order valence-electron chi connectivity index (χ2n) is 4.44. The van der Waals surface area contributed by atoms with Crippen LogP contribution in [0.2, 0.25) is 0 Å². The molecule has 1 aromatic rings. The molecule has 3 heteroatoms. The van der Waals surface area contributed by atoms with Gasteiger partial charge in [0.1, 0.15) is 6.23 Å². The fourth-order valence-electron chi connectivity index (χ4n) is 2.34. The molecule has 0 spiro atoms. The zero-order chi connectivity index (χ0) is 12.3. The summed E-state index contributed by atoms with van der Waals surface area (Å²) in [7, 11) is 0. The molecule has 2 rings (SSSR count). The second kappa shape index (κ2) is 5.63. The van der Waals surface area contributed by atoms with E-state index in [1.165, 1.54) is 11.1 Å². The Balaban J connectivity index is 2.20. The lowest BCUT2D eigenvalue weighted by Gasteiger charge is -2.43. The van der Waals surface area contributed by atoms with Crippen LogP contribution in [0, 0.1) is 6.92 Å². The summed E-state index contributed by atoms with van der Waals surface area (Å²) in [6.45, 7) is 10.3. The molecule has 0 aromatic heterocycles. The van der Waals surface area contributed by atoms with Crippen LogP contribution in [0.4, 0.5) is 0 Å². The van der Waals surface area contributed by atoms with E-state index in [1.54, 1.807) is 0 Å². The molecular formula is C14H22N2O. The summed E-state index contributed by atoms with van der Waals surface area (Å²) in [5.74, 6) is 0. The average molecular weight is 234 g/mol. The average Bonchev–Trinajstić information content (AvgIpc) is 2.38. The molecule has 0 aliphatic carbocycles. The van der Waals surface area contributed by atoms with Gasteiger partial charge in [-0.2, -0.15) is 0 Å². The number of nitrogens with zero attached hydrogens (tertiary/aromatic N) is 2. The first-order valence-electron chi connectivity index (χ1n) is 6.46. The van der Waals surface area contributed by atoms with Crippen molar-refractivity contribution in [3.8, 4) is 0 Å². The van der Waals surface area contributed by atoms with Gasteiger partial charge in [0.2, 0.25) is 0 Å². The Labute approximate surface area is 104 Å². The van der Waals surface area contributed by atoms with Crippen LogP contribution in [0.5, 0.6) is 0 Å². The van der Waals surface area contributed by atoms with Crippen molar-refractivity contribution in [2.45, 2.75) is 27.0 Å². The molecule has 0 N–H and O–H groups in total. The highest BCUT2D eigenvalue weighted by Gasteiger charge is 2.28. The van der Waals surface area contributed by atoms with Gasteiger partial charge in [-0.1, -0.05) is 43.7 Å². The smallest absolute Gasteiger partial charge is 0.149 e. The number of hydrogen-bond acceptors (Lipinski definition) is 3. The van der Waals surface area contributed by atoms with E-state index in [1.807, 2.05) is 0 Å². The Bertz CT molecular complexity index is 350. The zero-order valence-corrected chi connectivity index (χ0v) is 11.0. The maximum absolute atomic E-state index is 5.92. The molecule has 94 valence electrons. The first-order valence-corrected chi connectivity index (χ1v) is 6.46. The van der Waals surface area contributed by atoms with Crippen molar-refractivity contribution >= 4 is 0 Å². The van der Waals surface area contributed by atoms with Gasteiger partial charge in [-0.3, -0.25) is 0 Å². The summed E-state index contributed by atoms with van der Waals surface area (Å²) in [5, 5.41) is 4.68. The topological polar surface area (TPSA) is 15.7 Å². The summed E-state index contributed by atoms with van der Waals surface area (Å²) in [6, 6.07) is 8.64. The lowest BCUT2D eigenvalue weighted by Crippen LogP contribution is -2.51. The monoisotopic (exact) mass is 234 g/mol. The lowest BCUT2D eigenvalue weighted by atomic mass is 10.1. The van der Waals surface area contributed by atoms with Gasteiger partial charge in [-0.15, -0.1) is 0 Å². The molecule has 1 fully saturated rings. The third kappa shape index (κ3) is 2.68. The highest BCUT2D eigenvalue weighted by Crippen LogP contribution is 2.26. The molecular weight excluding hydrogens is 212 g/mol. The summed E-state index contributed by atoms with van der Waals surface area (Å²) in [5.41, 5.74) is 2.54. The third-order valence-corrected chi connectivity index (χ3v) is 3.31. The molecule has 1 aliphatic heterocycles. The molecule has 1 saturated heterocycles. The number of rotatable bonds is 3. The second-order valence-corrected chi connectivity index (χ2v) is 4.44. The van der Waals surface area contributed by atoms with Gasteiger partial charge in [0, 0.05) is 19.6 Å². The molecule has 1 aromatic carbocycles. The molecule has 1 unspecified atom stereocenters. The number of hydrogen-bond donors (Lipinski definition) is 0. The number of benzene rings is 1. The van der Waals surface area contributed by atoms with Crippen molar-refractivity contribution in [3.05, 3.63) is 35.4 Å². The van der Waals surface area contributed by atoms with Gasteiger partial charge in [-0.25, -0.2) is 10.0 Å². The minimum Gasteiger partial charge on any atom is -0.356 e. The maximum atomic E-state index is 5.92. The van der Waals surface area contributed by atoms with Gasteiger partial charge in [0.25, 0.3) is 0 Å². The molecule has 1 atom stereocenters. The number of ether oxygens (including phenoxy) is 1. The van der Waals surface area contributed by atoms with E-state index in [-0.39, 0.29) is 6.23 Å². The van der Waals surface area contributed by atoms with E-state index < -0.39 is 0 Å². The van der Waals surface area contributed by atoms with Crippen LogP contribution in [0.15, 0.2) is 24.3 Å². The third-order valence-electron chi connectivity index (χ3n) is 3.31. The largest absolute Gasteiger partial charge is 0.356 e. The molecule has 0 bridgehead atoms. The number of likely N-dealkylation sites (N-methyl/N-ethyl adjacent to an activating group) is 1. The summed E-state index contributed by atoms with van der Waals surface area (Å²) >= 11 is 0. The molecule has 0 amide bonds. The molecule has 0 saturated carbocycles. The Morgan fingerprint density at radius 3 is 2.47 bits per heavy atom. The quantitative estimate of drug-likeness (QED) is 0.799. The number of hydrazine groups is 1. The van der Waals surface area contributed by atoms with Crippen LogP contribution in [0.25, 0.3) is 0 Å². The van der Waals surface area contributed by atoms with Gasteiger partial charge in [0.15, 0.2) is 0 Å². The first-order chi connectivity index (χ1) is 8.26. The van der Waals surface area contributed by atoms with Crippen LogP contribution in [0.3, 0.4) is 0 Å². The molecule has 3 nitrogen and oxygen atoms in total. The van der Waals surface area contributed by atoms with E-state index in [0.717, 1.165) is 26.2 Å². The minimum atomic E-state index is 0.0781. The molecule has 17 heavy (non-hydrogen) atoms. The highest BCUT2D eigenvalue weighted by atomic mass is 16.5. The summed E-state index contributed by atoms with van der Waals surface area (Å²) < 4.78 is 5.92. The molecule has 1 aliphatic rings. The first kappa shape index (κ1) is 12.6. The van der Waals surface area contributed by atoms with Crippen molar-refractivity contribution in [1.29, 1.82) is 0 Å². The summed E-state index contributed by atoms with van der Waals surface area (Å²) in [6.07, 6.45) is 0.0781. The normalized spacial score (nSPS) is 22.9. The lowest BCUT2D eigenvalue weighted by molar-refractivity contribution is -0.214. The van der Waals surface area contributed by atoms with E-state index in [9.17, 15) is 0 Å². The van der Waals surface area contributed by atoms with Crippen molar-refractivity contribution in [2.24, 2.45) is 0 Å². The van der Waals surface area contributed by atoms with Gasteiger partial charge < -0.3 is 4.74 Å². The SMILES string of the molecule is CCN1CCOC(c2ccc(C)cc2)N1CC. The van der Waals surface area contributed by atoms with Crippen LogP contribution >= 0.6 is 0 Å². The Hall–Kier alpha value is -0.900. The van der Waals surface area contributed by atoms with Gasteiger partial charge in [-0.05, 0) is 12.5 Å². The Morgan fingerprint density at radius 1 is 1.18 bits per heavy atom. The zero-order valence-electron chi connectivity index (χ0n) is 11.0. The van der Waals surface area contributed by atoms with E-state index in [2.05, 4.69) is 55.1 Å². The molecule has 0 radical (unpaired) electrons. The predicted octanol–water partition coefficient (Wildman–Crippen LogP) is 2.58. The van der Waals surface area contributed by atoms with Crippen molar-refractivity contribution in [2.75, 3.05) is 26.2 Å². The fraction of sp³-hybridized carbons (Fsp3) is 0.571. The van der Waals surface area contributed by atoms with Crippen LogP contribution in [0.1, 0.15) is 31.2 Å².